The number of aromatic carboxylic acids is 1. The molecule has 0 unspecified atom stereocenters. The van der Waals surface area contributed by atoms with E-state index in [9.17, 15) is 4.79 Å². The summed E-state index contributed by atoms with van der Waals surface area (Å²) in [6, 6.07) is 11.3. The van der Waals surface area contributed by atoms with Crippen molar-refractivity contribution in [2.24, 2.45) is 0 Å². The van der Waals surface area contributed by atoms with E-state index in [0.717, 1.165) is 16.3 Å². The first kappa shape index (κ1) is 13.1. The Kier molecular flexibility index (Phi) is 3.23. The second-order valence-electron chi connectivity index (χ2n) is 4.74. The maximum atomic E-state index is 11.0. The van der Waals surface area contributed by atoms with E-state index < -0.39 is 5.97 Å². The molecule has 2 N–H and O–H groups in total. The van der Waals surface area contributed by atoms with Crippen LogP contribution in [0.2, 0.25) is 0 Å². The molecule has 0 radical (unpaired) electrons. The van der Waals surface area contributed by atoms with E-state index in [1.165, 1.54) is 12.3 Å². The van der Waals surface area contributed by atoms with Crippen LogP contribution < -0.4 is 5.32 Å². The number of nitrogens with zero attached hydrogens (tertiary/aromatic N) is 2. The van der Waals surface area contributed by atoms with E-state index in [0.29, 0.717) is 11.5 Å². The number of rotatable bonds is 3. The second kappa shape index (κ2) is 5.20. The van der Waals surface area contributed by atoms with Gasteiger partial charge in [-0.15, -0.1) is 0 Å². The largest absolute Gasteiger partial charge is 0.477 e. The molecular weight excluding hydrogens is 266 g/mol. The molecule has 0 fully saturated rings. The first-order valence-corrected chi connectivity index (χ1v) is 6.45. The molecule has 2 aromatic heterocycles. The van der Waals surface area contributed by atoms with Crippen molar-refractivity contribution >= 4 is 28.2 Å². The van der Waals surface area contributed by atoms with Gasteiger partial charge >= 0.3 is 5.97 Å². The highest BCUT2D eigenvalue weighted by Gasteiger charge is 2.07. The summed E-state index contributed by atoms with van der Waals surface area (Å²) in [6.45, 7) is 2.02. The van der Waals surface area contributed by atoms with Gasteiger partial charge in [-0.1, -0.05) is 17.7 Å². The van der Waals surface area contributed by atoms with Gasteiger partial charge in [-0.25, -0.2) is 14.8 Å². The molecule has 3 rings (SSSR count). The van der Waals surface area contributed by atoms with E-state index in [-0.39, 0.29) is 5.69 Å². The number of aryl methyl sites for hydroxylation is 1. The fourth-order valence-corrected chi connectivity index (χ4v) is 2.14. The van der Waals surface area contributed by atoms with Crippen LogP contribution in [0.1, 0.15) is 16.1 Å². The van der Waals surface area contributed by atoms with Crippen LogP contribution in [0, 0.1) is 6.92 Å². The molecule has 0 bridgehead atoms. The van der Waals surface area contributed by atoms with Crippen LogP contribution in [0.25, 0.3) is 10.8 Å². The topological polar surface area (TPSA) is 75.1 Å². The molecule has 5 heteroatoms. The normalized spacial score (nSPS) is 10.5. The maximum absolute atomic E-state index is 11.0. The molecule has 3 aromatic rings. The molecule has 0 saturated heterocycles. The summed E-state index contributed by atoms with van der Waals surface area (Å²) in [7, 11) is 0. The average molecular weight is 279 g/mol. The minimum Gasteiger partial charge on any atom is -0.477 e. The maximum Gasteiger partial charge on any atom is 0.354 e. The molecule has 0 saturated carbocycles. The second-order valence-corrected chi connectivity index (χ2v) is 4.74. The van der Waals surface area contributed by atoms with E-state index in [2.05, 4.69) is 15.3 Å². The summed E-state index contributed by atoms with van der Waals surface area (Å²) in [5, 5.41) is 14.2. The van der Waals surface area contributed by atoms with Gasteiger partial charge in [-0.2, -0.15) is 0 Å². The highest BCUT2D eigenvalue weighted by atomic mass is 16.4. The zero-order chi connectivity index (χ0) is 14.8. The van der Waals surface area contributed by atoms with Gasteiger partial charge in [0, 0.05) is 23.5 Å². The molecule has 0 atom stereocenters. The van der Waals surface area contributed by atoms with Crippen molar-refractivity contribution in [2.75, 3.05) is 5.32 Å². The molecule has 0 aliphatic heterocycles. The zero-order valence-corrected chi connectivity index (χ0v) is 11.4. The Morgan fingerprint density at radius 3 is 2.71 bits per heavy atom. The van der Waals surface area contributed by atoms with Gasteiger partial charge in [0.1, 0.15) is 11.5 Å². The van der Waals surface area contributed by atoms with Gasteiger partial charge in [0.2, 0.25) is 0 Å². The number of carbonyl (C=O) groups is 1. The Balaban J connectivity index is 2.04. The van der Waals surface area contributed by atoms with Crippen LogP contribution >= 0.6 is 0 Å². The lowest BCUT2D eigenvalue weighted by molar-refractivity contribution is 0.0690. The number of hydrogen-bond acceptors (Lipinski definition) is 4. The molecule has 0 amide bonds. The van der Waals surface area contributed by atoms with Gasteiger partial charge in [-0.3, -0.25) is 0 Å². The van der Waals surface area contributed by atoms with E-state index in [1.807, 2.05) is 31.2 Å². The predicted octanol–water partition coefficient (Wildman–Crippen LogP) is 3.38. The van der Waals surface area contributed by atoms with Crippen molar-refractivity contribution in [2.45, 2.75) is 6.92 Å². The monoisotopic (exact) mass is 279 g/mol. The standard InChI is InChI=1S/C16H13N3O2/c1-10-2-3-11-4-6-18-15(13(11)8-10)19-12-5-7-17-14(9-12)16(20)21/h2-9H,1H3,(H,20,21)(H,17,18,19). The van der Waals surface area contributed by atoms with E-state index in [1.54, 1.807) is 12.3 Å². The van der Waals surface area contributed by atoms with E-state index >= 15 is 0 Å². The van der Waals surface area contributed by atoms with Crippen LogP contribution in [0.5, 0.6) is 0 Å². The lowest BCUT2D eigenvalue weighted by atomic mass is 10.1. The lowest BCUT2D eigenvalue weighted by Crippen LogP contribution is -2.02. The molecule has 0 aliphatic carbocycles. The molecule has 21 heavy (non-hydrogen) atoms. The molecule has 0 spiro atoms. The number of hydrogen-bond donors (Lipinski definition) is 2. The van der Waals surface area contributed by atoms with Crippen LogP contribution in [0.15, 0.2) is 48.8 Å². The minimum atomic E-state index is -1.06. The Morgan fingerprint density at radius 1 is 1.10 bits per heavy atom. The van der Waals surface area contributed by atoms with Gasteiger partial charge in [0.15, 0.2) is 0 Å². The number of carboxylic acids is 1. The van der Waals surface area contributed by atoms with Crippen LogP contribution in [-0.2, 0) is 0 Å². The first-order chi connectivity index (χ1) is 10.1. The van der Waals surface area contributed by atoms with Crippen molar-refractivity contribution < 1.29 is 9.90 Å². The van der Waals surface area contributed by atoms with Crippen molar-refractivity contribution in [3.05, 3.63) is 60.0 Å². The summed E-state index contributed by atoms with van der Waals surface area (Å²) in [4.78, 5) is 19.1. The summed E-state index contributed by atoms with van der Waals surface area (Å²) in [5.74, 6) is -0.362. The summed E-state index contributed by atoms with van der Waals surface area (Å²) in [5.41, 5.74) is 1.78. The fraction of sp³-hybridized carbons (Fsp3) is 0.0625. The SMILES string of the molecule is Cc1ccc2ccnc(Nc3ccnc(C(=O)O)c3)c2c1. The molecule has 5 nitrogen and oxygen atoms in total. The molecule has 0 aliphatic rings. The van der Waals surface area contributed by atoms with Gasteiger partial charge in [0.05, 0.1) is 0 Å². The number of anilines is 2. The predicted molar refractivity (Wildman–Crippen MR) is 81.0 cm³/mol. The Bertz CT molecular complexity index is 831. The number of nitrogens with one attached hydrogen (secondary N) is 1. The number of fused-ring (bicyclic) bond motifs is 1. The summed E-state index contributed by atoms with van der Waals surface area (Å²) in [6.07, 6.45) is 3.18. The zero-order valence-electron chi connectivity index (χ0n) is 11.4. The average Bonchev–Trinajstić information content (AvgIpc) is 2.48. The van der Waals surface area contributed by atoms with Crippen molar-refractivity contribution in [1.29, 1.82) is 0 Å². The van der Waals surface area contributed by atoms with E-state index in [4.69, 9.17) is 5.11 Å². The fourth-order valence-electron chi connectivity index (χ4n) is 2.14. The number of pyridine rings is 2. The molecular formula is C16H13N3O2. The van der Waals surface area contributed by atoms with Gasteiger partial charge in [0.25, 0.3) is 0 Å². The van der Waals surface area contributed by atoms with Crippen molar-refractivity contribution in [1.82, 2.24) is 9.97 Å². The quantitative estimate of drug-likeness (QED) is 0.768. The molecule has 2 heterocycles. The Hall–Kier alpha value is -2.95. The third kappa shape index (κ3) is 2.67. The third-order valence-corrected chi connectivity index (χ3v) is 3.16. The molecule has 1 aromatic carbocycles. The van der Waals surface area contributed by atoms with Crippen LogP contribution in [-0.4, -0.2) is 21.0 Å². The minimum absolute atomic E-state index is 0.00332. The lowest BCUT2D eigenvalue weighted by Gasteiger charge is -2.09. The Labute approximate surface area is 121 Å². The summed E-state index contributed by atoms with van der Waals surface area (Å²) >= 11 is 0. The number of carboxylic acid groups (broad SMARTS) is 1. The highest BCUT2D eigenvalue weighted by molar-refractivity contribution is 5.94. The van der Waals surface area contributed by atoms with Gasteiger partial charge < -0.3 is 10.4 Å². The number of benzene rings is 1. The first-order valence-electron chi connectivity index (χ1n) is 6.45. The summed E-state index contributed by atoms with van der Waals surface area (Å²) < 4.78 is 0. The van der Waals surface area contributed by atoms with Crippen LogP contribution in [0.3, 0.4) is 0 Å². The molecule has 104 valence electrons. The highest BCUT2D eigenvalue weighted by Crippen LogP contribution is 2.25. The van der Waals surface area contributed by atoms with Gasteiger partial charge in [-0.05, 0) is 36.6 Å². The number of aromatic nitrogens is 2. The van der Waals surface area contributed by atoms with Crippen molar-refractivity contribution in [3.8, 4) is 0 Å². The Morgan fingerprint density at radius 2 is 1.90 bits per heavy atom. The van der Waals surface area contributed by atoms with Crippen molar-refractivity contribution in [3.63, 3.8) is 0 Å². The third-order valence-electron chi connectivity index (χ3n) is 3.16. The smallest absolute Gasteiger partial charge is 0.354 e. The van der Waals surface area contributed by atoms with Crippen LogP contribution in [0.4, 0.5) is 11.5 Å².